The summed E-state index contributed by atoms with van der Waals surface area (Å²) < 4.78 is 4.95. The molecule has 1 aliphatic rings. The lowest BCUT2D eigenvalue weighted by atomic mass is 10.2. The Bertz CT molecular complexity index is 371. The highest BCUT2D eigenvalue weighted by atomic mass is 35.5. The number of carbonyl (C=O) groups is 1. The summed E-state index contributed by atoms with van der Waals surface area (Å²) in [6.07, 6.45) is 0. The lowest BCUT2D eigenvalue weighted by molar-refractivity contribution is -0.00346. The van der Waals surface area contributed by atoms with Crippen molar-refractivity contribution in [1.82, 2.24) is 5.32 Å². The summed E-state index contributed by atoms with van der Waals surface area (Å²) in [4.78, 5) is 11.7. The predicted molar refractivity (Wildman–Crippen MR) is 58.5 cm³/mol. The molecule has 0 atom stereocenters. The highest BCUT2D eigenvalue weighted by Crippen LogP contribution is 2.19. The zero-order chi connectivity index (χ0) is 10.8. The second-order valence-electron chi connectivity index (χ2n) is 3.37. The first kappa shape index (κ1) is 10.7. The molecule has 80 valence electrons. The third-order valence-electron chi connectivity index (χ3n) is 2.10. The summed E-state index contributed by atoms with van der Waals surface area (Å²) in [5.41, 5.74) is 0.472. The summed E-state index contributed by atoms with van der Waals surface area (Å²) >= 11 is 11.6. The van der Waals surface area contributed by atoms with Gasteiger partial charge >= 0.3 is 0 Å². The van der Waals surface area contributed by atoms with Gasteiger partial charge in [0.1, 0.15) is 0 Å². The van der Waals surface area contributed by atoms with Crippen LogP contribution in [0.25, 0.3) is 0 Å². The molecule has 3 nitrogen and oxygen atoms in total. The van der Waals surface area contributed by atoms with E-state index in [4.69, 9.17) is 27.9 Å². The van der Waals surface area contributed by atoms with Crippen LogP contribution in [-0.2, 0) is 4.74 Å². The molecule has 1 aromatic carbocycles. The fourth-order valence-corrected chi connectivity index (χ4v) is 1.80. The Labute approximate surface area is 97.3 Å². The zero-order valence-corrected chi connectivity index (χ0v) is 9.31. The molecule has 1 aliphatic heterocycles. The average molecular weight is 246 g/mol. The van der Waals surface area contributed by atoms with E-state index in [-0.39, 0.29) is 11.9 Å². The number of hydrogen-bond donors (Lipinski definition) is 1. The molecule has 0 saturated carbocycles. The van der Waals surface area contributed by atoms with Crippen molar-refractivity contribution in [2.24, 2.45) is 0 Å². The molecule has 1 amide bonds. The van der Waals surface area contributed by atoms with E-state index in [2.05, 4.69) is 5.32 Å². The van der Waals surface area contributed by atoms with Gasteiger partial charge in [0, 0.05) is 15.6 Å². The molecule has 1 aromatic rings. The number of amides is 1. The minimum Gasteiger partial charge on any atom is -0.377 e. The van der Waals surface area contributed by atoms with Crippen LogP contribution in [0.2, 0.25) is 10.0 Å². The Morgan fingerprint density at radius 3 is 2.33 bits per heavy atom. The van der Waals surface area contributed by atoms with E-state index in [1.54, 1.807) is 18.2 Å². The quantitative estimate of drug-likeness (QED) is 0.867. The van der Waals surface area contributed by atoms with E-state index in [0.717, 1.165) is 0 Å². The van der Waals surface area contributed by atoms with Gasteiger partial charge in [0.2, 0.25) is 0 Å². The van der Waals surface area contributed by atoms with Crippen LogP contribution >= 0.6 is 23.2 Å². The number of carbonyl (C=O) groups excluding carboxylic acids is 1. The van der Waals surface area contributed by atoms with Crippen LogP contribution in [-0.4, -0.2) is 25.2 Å². The van der Waals surface area contributed by atoms with Crippen molar-refractivity contribution in [3.8, 4) is 0 Å². The van der Waals surface area contributed by atoms with Crippen molar-refractivity contribution in [2.75, 3.05) is 13.2 Å². The number of halogens is 2. The molecule has 0 radical (unpaired) electrons. The van der Waals surface area contributed by atoms with Crippen molar-refractivity contribution in [3.63, 3.8) is 0 Å². The monoisotopic (exact) mass is 245 g/mol. The highest BCUT2D eigenvalue weighted by molar-refractivity contribution is 6.35. The first-order chi connectivity index (χ1) is 7.15. The van der Waals surface area contributed by atoms with Crippen molar-refractivity contribution in [1.29, 1.82) is 0 Å². The first-order valence-electron chi connectivity index (χ1n) is 4.50. The molecule has 1 saturated heterocycles. The minimum atomic E-state index is -0.173. The summed E-state index contributed by atoms with van der Waals surface area (Å²) in [7, 11) is 0. The normalized spacial score (nSPS) is 15.9. The van der Waals surface area contributed by atoms with E-state index in [1.165, 1.54) is 0 Å². The van der Waals surface area contributed by atoms with Crippen LogP contribution in [0.15, 0.2) is 18.2 Å². The molecular weight excluding hydrogens is 237 g/mol. The van der Waals surface area contributed by atoms with Gasteiger partial charge in [-0.15, -0.1) is 0 Å². The third kappa shape index (κ3) is 2.62. The van der Waals surface area contributed by atoms with Crippen LogP contribution in [0.1, 0.15) is 10.4 Å². The molecule has 0 spiro atoms. The Kier molecular flexibility index (Phi) is 3.14. The van der Waals surface area contributed by atoms with Crippen molar-refractivity contribution in [2.45, 2.75) is 6.04 Å². The molecule has 15 heavy (non-hydrogen) atoms. The van der Waals surface area contributed by atoms with Gasteiger partial charge in [-0.2, -0.15) is 0 Å². The predicted octanol–water partition coefficient (Wildman–Crippen LogP) is 2.12. The lowest BCUT2D eigenvalue weighted by Crippen LogP contribution is -2.48. The van der Waals surface area contributed by atoms with Crippen molar-refractivity contribution in [3.05, 3.63) is 33.8 Å². The van der Waals surface area contributed by atoms with Crippen molar-refractivity contribution < 1.29 is 9.53 Å². The highest BCUT2D eigenvalue weighted by Gasteiger charge is 2.21. The summed E-state index contributed by atoms with van der Waals surface area (Å²) in [6.45, 7) is 1.14. The molecule has 0 bridgehead atoms. The summed E-state index contributed by atoms with van der Waals surface area (Å²) in [5.74, 6) is -0.173. The molecule has 0 aliphatic carbocycles. The Morgan fingerprint density at radius 1 is 1.27 bits per heavy atom. The Hall–Kier alpha value is -0.770. The molecule has 5 heteroatoms. The van der Waals surface area contributed by atoms with Crippen LogP contribution in [0.5, 0.6) is 0 Å². The molecule has 2 rings (SSSR count). The topological polar surface area (TPSA) is 38.3 Å². The standard InChI is InChI=1S/C10H9Cl2NO2/c11-7-1-6(2-8(12)3-7)10(14)13-9-4-15-5-9/h1-3,9H,4-5H2,(H,13,14). The molecule has 1 fully saturated rings. The fourth-order valence-electron chi connectivity index (χ4n) is 1.27. The second-order valence-corrected chi connectivity index (χ2v) is 4.24. The van der Waals surface area contributed by atoms with Gasteiger partial charge in [-0.25, -0.2) is 0 Å². The van der Waals surface area contributed by atoms with Crippen LogP contribution in [0.3, 0.4) is 0 Å². The van der Waals surface area contributed by atoms with Crippen LogP contribution < -0.4 is 5.32 Å². The van der Waals surface area contributed by atoms with Gasteiger partial charge in [-0.3, -0.25) is 4.79 Å². The Balaban J connectivity index is 2.10. The van der Waals surface area contributed by atoms with Gasteiger partial charge in [0.05, 0.1) is 19.3 Å². The number of ether oxygens (including phenoxy) is 1. The maximum Gasteiger partial charge on any atom is 0.251 e. The average Bonchev–Trinajstić information content (AvgIpc) is 2.09. The molecule has 0 aromatic heterocycles. The van der Waals surface area contributed by atoms with E-state index in [0.29, 0.717) is 28.8 Å². The smallest absolute Gasteiger partial charge is 0.251 e. The number of hydrogen-bond acceptors (Lipinski definition) is 2. The number of nitrogens with one attached hydrogen (secondary N) is 1. The third-order valence-corrected chi connectivity index (χ3v) is 2.53. The van der Waals surface area contributed by atoms with Crippen LogP contribution in [0.4, 0.5) is 0 Å². The molecule has 1 N–H and O–H groups in total. The first-order valence-corrected chi connectivity index (χ1v) is 5.25. The fraction of sp³-hybridized carbons (Fsp3) is 0.300. The molecule has 1 heterocycles. The van der Waals surface area contributed by atoms with Gasteiger partial charge in [0.15, 0.2) is 0 Å². The Morgan fingerprint density at radius 2 is 1.87 bits per heavy atom. The van der Waals surface area contributed by atoms with Gasteiger partial charge in [0.25, 0.3) is 5.91 Å². The van der Waals surface area contributed by atoms with E-state index < -0.39 is 0 Å². The largest absolute Gasteiger partial charge is 0.377 e. The van der Waals surface area contributed by atoms with Gasteiger partial charge < -0.3 is 10.1 Å². The van der Waals surface area contributed by atoms with Crippen LogP contribution in [0, 0.1) is 0 Å². The van der Waals surface area contributed by atoms with E-state index in [9.17, 15) is 4.79 Å². The van der Waals surface area contributed by atoms with Gasteiger partial charge in [-0.1, -0.05) is 23.2 Å². The zero-order valence-electron chi connectivity index (χ0n) is 7.80. The lowest BCUT2D eigenvalue weighted by Gasteiger charge is -2.26. The summed E-state index contributed by atoms with van der Waals surface area (Å²) in [5, 5.41) is 3.72. The second kappa shape index (κ2) is 4.39. The number of benzene rings is 1. The SMILES string of the molecule is O=C(NC1COC1)c1cc(Cl)cc(Cl)c1. The minimum absolute atomic E-state index is 0.107. The summed E-state index contributed by atoms with van der Waals surface area (Å²) in [6, 6.07) is 4.87. The van der Waals surface area contributed by atoms with Crippen molar-refractivity contribution >= 4 is 29.1 Å². The maximum atomic E-state index is 11.7. The van der Waals surface area contributed by atoms with E-state index in [1.807, 2.05) is 0 Å². The molecule has 0 unspecified atom stereocenters. The maximum absolute atomic E-state index is 11.7. The van der Waals surface area contributed by atoms with E-state index >= 15 is 0 Å². The van der Waals surface area contributed by atoms with Gasteiger partial charge in [-0.05, 0) is 18.2 Å². The number of rotatable bonds is 2. The molecular formula is C10H9Cl2NO2.